The van der Waals surface area contributed by atoms with E-state index in [9.17, 15) is 19.8 Å². The molecule has 19 nitrogen and oxygen atoms in total. The Morgan fingerprint density at radius 3 is 2.34 bits per heavy atom. The molecule has 6 atom stereocenters. The van der Waals surface area contributed by atoms with Gasteiger partial charge in [-0.15, -0.1) is 21.5 Å². The number of nitrogens with two attached hydrogens (primary N) is 1. The van der Waals surface area contributed by atoms with Crippen LogP contribution in [0.15, 0.2) is 89.0 Å². The van der Waals surface area contributed by atoms with Crippen LogP contribution in [0.2, 0.25) is 0 Å². The molecule has 2 unspecified atom stereocenters. The van der Waals surface area contributed by atoms with Gasteiger partial charge in [-0.25, -0.2) is 9.97 Å². The number of phenolic OH excluding ortho intramolecular Hbond substituents is 1. The van der Waals surface area contributed by atoms with Crippen LogP contribution in [0, 0.1) is 18.8 Å². The molecule has 12 rings (SSSR count). The molecule has 5 N–H and O–H groups in total. The highest BCUT2D eigenvalue weighted by Crippen LogP contribution is 2.41. The van der Waals surface area contributed by atoms with Crippen molar-refractivity contribution in [1.82, 2.24) is 40.4 Å². The lowest BCUT2D eigenvalue weighted by Crippen LogP contribution is -2.49. The molecule has 440 valence electrons. The van der Waals surface area contributed by atoms with Crippen LogP contribution in [0.4, 0.5) is 23.0 Å². The summed E-state index contributed by atoms with van der Waals surface area (Å²) in [6, 6.07) is 23.5. The number of aryl methyl sites for hydroxylation is 1. The number of para-hydroxylation sites is 1. The van der Waals surface area contributed by atoms with Gasteiger partial charge in [-0.1, -0.05) is 55.4 Å². The van der Waals surface area contributed by atoms with E-state index in [1.165, 1.54) is 0 Å². The number of nitrogens with one attached hydrogen (secondary N) is 1. The molecule has 20 heteroatoms. The minimum atomic E-state index is -0.806. The van der Waals surface area contributed by atoms with Gasteiger partial charge < -0.3 is 59.8 Å². The molecule has 2 aromatic carbocycles. The van der Waals surface area contributed by atoms with Gasteiger partial charge >= 0.3 is 0 Å². The maximum atomic E-state index is 14.4. The van der Waals surface area contributed by atoms with E-state index in [0.717, 1.165) is 136 Å². The molecule has 83 heavy (non-hydrogen) atoms. The van der Waals surface area contributed by atoms with E-state index in [4.69, 9.17) is 19.7 Å². The number of carbonyl (C=O) groups excluding carboxylic acids is 2. The SMILES string of the molecule is Cc1ncsc1-c1ccc([C@H](C)NC(=O)[C@@H]2C[C@@H](O)CN2C(=O)[C@@H](c2cc(N3CCC(N(C)C4CCC(OC5CC(Oc6cc(N7CC8CCN(c9cc(-c%10ccccc%10O)nnc9N)CC7C8)ccn6)C5)CC4)CC3)no2)C(C)C)cc1. The summed E-state index contributed by atoms with van der Waals surface area (Å²) < 4.78 is 19.2. The monoisotopic (exact) mass is 1150 g/mol. The fourth-order valence-electron chi connectivity index (χ4n) is 14.0. The van der Waals surface area contributed by atoms with Crippen molar-refractivity contribution in [3.63, 3.8) is 0 Å². The Kier molecular flexibility index (Phi) is 16.6. The first-order chi connectivity index (χ1) is 40.2. The van der Waals surface area contributed by atoms with Crippen LogP contribution in [0.5, 0.6) is 11.6 Å². The molecule has 2 saturated carbocycles. The first kappa shape index (κ1) is 56.6. The van der Waals surface area contributed by atoms with Gasteiger partial charge in [-0.3, -0.25) is 9.59 Å². The molecule has 2 bridgehead atoms. The number of aliphatic hydroxyl groups is 1. The van der Waals surface area contributed by atoms with Crippen molar-refractivity contribution < 1.29 is 33.8 Å². The topological polar surface area (TPSA) is 225 Å². The number of ether oxygens (including phenoxy) is 2. The molecule has 6 aliphatic rings. The van der Waals surface area contributed by atoms with Crippen LogP contribution >= 0.6 is 11.3 Å². The molecule has 2 amide bonds. The zero-order chi connectivity index (χ0) is 57.5. The molecular weight excluding hydrogens is 1070 g/mol. The summed E-state index contributed by atoms with van der Waals surface area (Å²) in [4.78, 5) is 49.7. The minimum Gasteiger partial charge on any atom is -0.507 e. The molecule has 4 saturated heterocycles. The van der Waals surface area contributed by atoms with Crippen LogP contribution in [0.1, 0.15) is 120 Å². The summed E-state index contributed by atoms with van der Waals surface area (Å²) in [5.41, 5.74) is 14.5. The third-order valence-electron chi connectivity index (χ3n) is 18.8. The van der Waals surface area contributed by atoms with E-state index in [2.05, 4.69) is 69.4 Å². The standard InChI is InChI=1S/C63H80N12O7S/c1-37(2)59(63(79)75-35-47(76)28-54(75)62(78)67-38(3)41-10-12-42(13-11-41)60-39(4)66-36-83-60)56-32-57(70-82-56)72-24-20-44(21-25-72)71(5)43-14-16-48(17-15-43)80-49-29-50(30-49)81-58-27-45(18-22-65-58)74-33-40-19-23-73(34-46(74)26-40)53-31-52(68-69-61(53)64)51-8-6-7-9-55(51)77/h6-13,18,22,27,31-32,36-38,40,43-44,46-50,54,59,76-77H,14-17,19-21,23-26,28-30,33-35H2,1-5H3,(H2,64,69)(H,67,78)/t38-,40?,43?,46?,47+,48?,49?,50?,54-,59+/m0/s1. The summed E-state index contributed by atoms with van der Waals surface area (Å²) in [5.74, 6) is 1.67. The van der Waals surface area contributed by atoms with Crippen LogP contribution in [-0.4, -0.2) is 152 Å². The van der Waals surface area contributed by atoms with E-state index in [1.54, 1.807) is 28.4 Å². The number of aromatic nitrogens is 5. The molecular formula is C63H80N12O7S. The number of β-amino-alcohol motifs (C(OH)–C–C–N with tert-alkyl or cyclic N) is 1. The lowest BCUT2D eigenvalue weighted by Gasteiger charge is -2.44. The first-order valence-corrected chi connectivity index (χ1v) is 31.0. The molecule has 6 aromatic rings. The third kappa shape index (κ3) is 12.2. The Morgan fingerprint density at radius 2 is 1.59 bits per heavy atom. The minimum absolute atomic E-state index is 0.0818. The van der Waals surface area contributed by atoms with Gasteiger partial charge in [-0.05, 0) is 119 Å². The summed E-state index contributed by atoms with van der Waals surface area (Å²) in [5, 5.41) is 37.6. The molecule has 2 aliphatic carbocycles. The maximum Gasteiger partial charge on any atom is 0.243 e. The van der Waals surface area contributed by atoms with Crippen molar-refractivity contribution in [3.05, 3.63) is 102 Å². The highest BCUT2D eigenvalue weighted by atomic mass is 32.1. The molecule has 6 fully saturated rings. The van der Waals surface area contributed by atoms with Crippen molar-refractivity contribution in [2.75, 3.05) is 66.7 Å². The second kappa shape index (κ2) is 24.4. The van der Waals surface area contributed by atoms with Crippen LogP contribution in [-0.2, 0) is 14.3 Å². The molecule has 4 aromatic heterocycles. The average molecular weight is 1150 g/mol. The van der Waals surface area contributed by atoms with E-state index in [0.29, 0.717) is 46.7 Å². The Labute approximate surface area is 490 Å². The fraction of sp³-hybridized carbons (Fsp3) is 0.540. The summed E-state index contributed by atoms with van der Waals surface area (Å²) in [7, 11) is 2.29. The fourth-order valence-corrected chi connectivity index (χ4v) is 14.8. The number of hydrogen-bond acceptors (Lipinski definition) is 18. The quantitative estimate of drug-likeness (QED) is 0.0670. The highest BCUT2D eigenvalue weighted by Gasteiger charge is 2.45. The number of piperidine rings is 1. The largest absolute Gasteiger partial charge is 0.507 e. The van der Waals surface area contributed by atoms with Crippen molar-refractivity contribution >= 4 is 46.2 Å². The first-order valence-electron chi connectivity index (χ1n) is 30.1. The Balaban J connectivity index is 0.575. The van der Waals surface area contributed by atoms with E-state index in [-0.39, 0.29) is 66.8 Å². The molecule has 8 heterocycles. The van der Waals surface area contributed by atoms with Gasteiger partial charge in [0.25, 0.3) is 0 Å². The highest BCUT2D eigenvalue weighted by molar-refractivity contribution is 7.13. The second-order valence-corrected chi connectivity index (χ2v) is 25.5. The van der Waals surface area contributed by atoms with Gasteiger partial charge in [0, 0.05) is 106 Å². The van der Waals surface area contributed by atoms with Crippen molar-refractivity contribution in [1.29, 1.82) is 0 Å². The van der Waals surface area contributed by atoms with Gasteiger partial charge in [0.05, 0.1) is 51.8 Å². The number of aromatic hydroxyl groups is 1. The average Bonchev–Trinajstić information content (AvgIpc) is 4.36. The van der Waals surface area contributed by atoms with Crippen LogP contribution in [0.25, 0.3) is 21.7 Å². The maximum absolute atomic E-state index is 14.4. The second-order valence-electron chi connectivity index (χ2n) is 24.6. The van der Waals surface area contributed by atoms with Crippen molar-refractivity contribution in [2.24, 2.45) is 11.8 Å². The summed E-state index contributed by atoms with van der Waals surface area (Å²) in [6.45, 7) is 12.3. The molecule has 0 radical (unpaired) electrons. The lowest BCUT2D eigenvalue weighted by molar-refractivity contribution is -0.141. The zero-order valence-electron chi connectivity index (χ0n) is 48.4. The molecule has 0 spiro atoms. The Hall–Kier alpha value is -6.87. The number of thiazole rings is 1. The Bertz CT molecular complexity index is 3210. The number of carbonyl (C=O) groups is 2. The number of pyridine rings is 1. The van der Waals surface area contributed by atoms with Gasteiger partial charge in [0.1, 0.15) is 23.8 Å². The number of aliphatic hydroxyl groups excluding tert-OH is 1. The number of rotatable bonds is 17. The van der Waals surface area contributed by atoms with E-state index < -0.39 is 18.1 Å². The predicted octanol–water partition coefficient (Wildman–Crippen LogP) is 8.77. The number of anilines is 4. The number of fused-ring (bicyclic) bond motifs is 2. The van der Waals surface area contributed by atoms with Crippen molar-refractivity contribution in [2.45, 2.75) is 159 Å². The van der Waals surface area contributed by atoms with Gasteiger partial charge in [-0.2, -0.15) is 0 Å². The Morgan fingerprint density at radius 1 is 0.831 bits per heavy atom. The van der Waals surface area contributed by atoms with Gasteiger partial charge in [0.2, 0.25) is 17.7 Å². The number of nitrogen functional groups attached to an aromatic ring is 1. The summed E-state index contributed by atoms with van der Waals surface area (Å²) >= 11 is 1.60. The zero-order valence-corrected chi connectivity index (χ0v) is 49.2. The lowest BCUT2D eigenvalue weighted by atomic mass is 9.88. The van der Waals surface area contributed by atoms with E-state index >= 15 is 0 Å². The third-order valence-corrected chi connectivity index (χ3v) is 19.8. The number of nitrogens with zero attached hydrogens (tertiary/aromatic N) is 10. The number of benzene rings is 2. The number of amides is 2. The van der Waals surface area contributed by atoms with Crippen molar-refractivity contribution in [3.8, 4) is 33.3 Å². The normalized spacial score (nSPS) is 25.6. The predicted molar refractivity (Wildman–Crippen MR) is 320 cm³/mol. The van der Waals surface area contributed by atoms with E-state index in [1.807, 2.05) is 87.9 Å². The number of hydrogen-bond donors (Lipinski definition) is 4. The number of phenols is 1. The molecule has 4 aliphatic heterocycles. The van der Waals surface area contributed by atoms with Crippen LogP contribution < -0.4 is 30.5 Å². The van der Waals surface area contributed by atoms with Crippen LogP contribution in [0.3, 0.4) is 0 Å². The van der Waals surface area contributed by atoms with Gasteiger partial charge in [0.15, 0.2) is 17.4 Å². The number of likely N-dealkylation sites (tertiary alicyclic amines) is 1. The smallest absolute Gasteiger partial charge is 0.243 e. The summed E-state index contributed by atoms with van der Waals surface area (Å²) in [6.07, 6.45) is 12.0.